The van der Waals surface area contributed by atoms with Crippen molar-refractivity contribution >= 4 is 29.4 Å². The minimum Gasteiger partial charge on any atom is -0.452 e. The van der Waals surface area contributed by atoms with Crippen LogP contribution in [0.3, 0.4) is 0 Å². The molecule has 0 bridgehead atoms. The molecule has 0 radical (unpaired) electrons. The van der Waals surface area contributed by atoms with E-state index in [1.54, 1.807) is 12.1 Å². The Labute approximate surface area is 181 Å². The zero-order valence-corrected chi connectivity index (χ0v) is 17.7. The smallest absolute Gasteiger partial charge is 0.338 e. The van der Waals surface area contributed by atoms with Crippen LogP contribution in [-0.4, -0.2) is 36.8 Å². The molecule has 0 spiro atoms. The Balaban J connectivity index is 1.46. The Morgan fingerprint density at radius 2 is 1.71 bits per heavy atom. The topological polar surface area (TPSA) is 92.8 Å². The summed E-state index contributed by atoms with van der Waals surface area (Å²) in [5, 5.41) is 2.73. The second kappa shape index (κ2) is 10.0. The van der Waals surface area contributed by atoms with Gasteiger partial charge in [-0.2, -0.15) is 0 Å². The quantitative estimate of drug-likeness (QED) is 0.522. The molecular weight excluding hydrogens is 396 g/mol. The van der Waals surface area contributed by atoms with Crippen LogP contribution in [0.25, 0.3) is 0 Å². The summed E-state index contributed by atoms with van der Waals surface area (Å²) in [7, 11) is 0. The zero-order valence-electron chi connectivity index (χ0n) is 17.7. The maximum Gasteiger partial charge on any atom is 0.338 e. The van der Waals surface area contributed by atoms with Crippen molar-refractivity contribution in [1.82, 2.24) is 5.32 Å². The van der Waals surface area contributed by atoms with Gasteiger partial charge >= 0.3 is 5.97 Å². The molecule has 1 N–H and O–H groups in total. The standard InChI is InChI=1S/C24H26N2O5/c1-16(2)18-8-6-17(7-9-18)12-13-25-21(27)15-31-24(30)19-4-3-5-20(14-19)26-22(28)10-11-23(26)29/h3-9,14,16H,10-13,15H2,1-2H3,(H,25,27). The predicted octanol–water partition coefficient (Wildman–Crippen LogP) is 2.98. The molecule has 7 nitrogen and oxygen atoms in total. The second-order valence-electron chi connectivity index (χ2n) is 7.75. The largest absolute Gasteiger partial charge is 0.452 e. The first-order chi connectivity index (χ1) is 14.8. The van der Waals surface area contributed by atoms with Gasteiger partial charge in [0.1, 0.15) is 0 Å². The van der Waals surface area contributed by atoms with Crippen molar-refractivity contribution in [2.75, 3.05) is 18.1 Å². The number of hydrogen-bond acceptors (Lipinski definition) is 5. The molecule has 3 amide bonds. The highest BCUT2D eigenvalue weighted by atomic mass is 16.5. The van der Waals surface area contributed by atoms with Crippen molar-refractivity contribution in [3.8, 4) is 0 Å². The number of carbonyl (C=O) groups excluding carboxylic acids is 4. The third-order valence-corrected chi connectivity index (χ3v) is 5.11. The summed E-state index contributed by atoms with van der Waals surface area (Å²) < 4.78 is 5.07. The van der Waals surface area contributed by atoms with E-state index in [2.05, 4.69) is 31.3 Å². The lowest BCUT2D eigenvalue weighted by molar-refractivity contribution is -0.124. The van der Waals surface area contributed by atoms with E-state index in [9.17, 15) is 19.2 Å². The normalized spacial score (nSPS) is 13.6. The molecule has 162 valence electrons. The lowest BCUT2D eigenvalue weighted by Gasteiger charge is -2.14. The van der Waals surface area contributed by atoms with E-state index >= 15 is 0 Å². The van der Waals surface area contributed by atoms with E-state index < -0.39 is 18.5 Å². The van der Waals surface area contributed by atoms with Gasteiger partial charge in [-0.3, -0.25) is 19.3 Å². The third-order valence-electron chi connectivity index (χ3n) is 5.11. The fourth-order valence-corrected chi connectivity index (χ4v) is 3.32. The summed E-state index contributed by atoms with van der Waals surface area (Å²) in [6.45, 7) is 4.31. The highest BCUT2D eigenvalue weighted by Gasteiger charge is 2.30. The Morgan fingerprint density at radius 3 is 2.35 bits per heavy atom. The molecule has 2 aromatic carbocycles. The van der Waals surface area contributed by atoms with Crippen LogP contribution in [0, 0.1) is 0 Å². The number of amides is 3. The maximum absolute atomic E-state index is 12.3. The highest BCUT2D eigenvalue weighted by molar-refractivity contribution is 6.20. The van der Waals surface area contributed by atoms with Gasteiger partial charge in [0.05, 0.1) is 11.3 Å². The maximum atomic E-state index is 12.3. The van der Waals surface area contributed by atoms with Crippen LogP contribution < -0.4 is 10.2 Å². The van der Waals surface area contributed by atoms with Gasteiger partial charge in [-0.1, -0.05) is 44.2 Å². The molecule has 2 aromatic rings. The van der Waals surface area contributed by atoms with Crippen molar-refractivity contribution in [3.63, 3.8) is 0 Å². The van der Waals surface area contributed by atoms with Crippen LogP contribution in [0.15, 0.2) is 48.5 Å². The first-order valence-electron chi connectivity index (χ1n) is 10.3. The van der Waals surface area contributed by atoms with Crippen molar-refractivity contribution in [1.29, 1.82) is 0 Å². The summed E-state index contributed by atoms with van der Waals surface area (Å²) in [6.07, 6.45) is 1.00. The van der Waals surface area contributed by atoms with Crippen LogP contribution in [0.4, 0.5) is 5.69 Å². The van der Waals surface area contributed by atoms with Crippen LogP contribution in [0.2, 0.25) is 0 Å². The van der Waals surface area contributed by atoms with Crippen LogP contribution in [0.5, 0.6) is 0 Å². The molecule has 0 aliphatic carbocycles. The predicted molar refractivity (Wildman–Crippen MR) is 116 cm³/mol. The van der Waals surface area contributed by atoms with Crippen LogP contribution in [-0.2, 0) is 25.5 Å². The summed E-state index contributed by atoms with van der Waals surface area (Å²) in [6, 6.07) is 14.3. The summed E-state index contributed by atoms with van der Waals surface area (Å²) in [5.41, 5.74) is 2.88. The molecule has 1 aliphatic heterocycles. The number of carbonyl (C=O) groups is 4. The molecule has 0 aromatic heterocycles. The molecule has 0 atom stereocenters. The molecule has 31 heavy (non-hydrogen) atoms. The number of nitrogens with one attached hydrogen (secondary N) is 1. The van der Waals surface area contributed by atoms with E-state index in [0.29, 0.717) is 24.6 Å². The van der Waals surface area contributed by atoms with Gasteiger partial charge in [0.25, 0.3) is 5.91 Å². The SMILES string of the molecule is CC(C)c1ccc(CCNC(=O)COC(=O)c2cccc(N3C(=O)CCC3=O)c2)cc1. The minimum atomic E-state index is -0.694. The second-order valence-corrected chi connectivity index (χ2v) is 7.75. The molecule has 0 saturated carbocycles. The van der Waals surface area contributed by atoms with Gasteiger partial charge in [0.15, 0.2) is 6.61 Å². The first kappa shape index (κ1) is 22.2. The fourth-order valence-electron chi connectivity index (χ4n) is 3.32. The first-order valence-corrected chi connectivity index (χ1v) is 10.3. The third kappa shape index (κ3) is 5.78. The van der Waals surface area contributed by atoms with Gasteiger partial charge in [-0.05, 0) is 41.7 Å². The van der Waals surface area contributed by atoms with Crippen molar-refractivity contribution in [2.24, 2.45) is 0 Å². The number of rotatable bonds is 8. The summed E-state index contributed by atoms with van der Waals surface area (Å²) in [5.74, 6) is -1.21. The van der Waals surface area contributed by atoms with Crippen molar-refractivity contribution in [3.05, 3.63) is 65.2 Å². The Kier molecular flexibility index (Phi) is 7.18. The van der Waals surface area contributed by atoms with Crippen molar-refractivity contribution in [2.45, 2.75) is 39.0 Å². The average Bonchev–Trinajstić information content (AvgIpc) is 3.10. The van der Waals surface area contributed by atoms with E-state index in [1.165, 1.54) is 17.7 Å². The number of benzene rings is 2. The van der Waals surface area contributed by atoms with Crippen molar-refractivity contribution < 1.29 is 23.9 Å². The van der Waals surface area contributed by atoms with E-state index in [0.717, 1.165) is 10.5 Å². The molecule has 0 unspecified atom stereocenters. The molecule has 7 heteroatoms. The Hall–Kier alpha value is -3.48. The minimum absolute atomic E-state index is 0.162. The van der Waals surface area contributed by atoms with Gasteiger partial charge < -0.3 is 10.1 Å². The molecule has 1 aliphatic rings. The van der Waals surface area contributed by atoms with Crippen LogP contribution in [0.1, 0.15) is 54.1 Å². The van der Waals surface area contributed by atoms with E-state index in [-0.39, 0.29) is 30.2 Å². The molecular formula is C24H26N2O5. The van der Waals surface area contributed by atoms with E-state index in [1.807, 2.05) is 12.1 Å². The van der Waals surface area contributed by atoms with Crippen LogP contribution >= 0.6 is 0 Å². The summed E-state index contributed by atoms with van der Waals surface area (Å²) in [4.78, 5) is 49.1. The van der Waals surface area contributed by atoms with E-state index in [4.69, 9.17) is 4.74 Å². The number of ether oxygens (including phenoxy) is 1. The molecule has 1 heterocycles. The number of hydrogen-bond donors (Lipinski definition) is 1. The van der Waals surface area contributed by atoms with Gasteiger partial charge in [0, 0.05) is 19.4 Å². The van der Waals surface area contributed by atoms with Gasteiger partial charge in [-0.15, -0.1) is 0 Å². The number of imide groups is 1. The van der Waals surface area contributed by atoms with Gasteiger partial charge in [-0.25, -0.2) is 4.79 Å². The lowest BCUT2D eigenvalue weighted by atomic mass is 10.0. The number of anilines is 1. The monoisotopic (exact) mass is 422 g/mol. The lowest BCUT2D eigenvalue weighted by Crippen LogP contribution is -2.30. The molecule has 1 saturated heterocycles. The zero-order chi connectivity index (χ0) is 22.4. The Morgan fingerprint density at radius 1 is 1.03 bits per heavy atom. The molecule has 3 rings (SSSR count). The summed E-state index contributed by atoms with van der Waals surface area (Å²) >= 11 is 0. The molecule has 1 fully saturated rings. The van der Waals surface area contributed by atoms with Gasteiger partial charge in [0.2, 0.25) is 11.8 Å². The highest BCUT2D eigenvalue weighted by Crippen LogP contribution is 2.23. The number of nitrogens with zero attached hydrogens (tertiary/aromatic N) is 1. The average molecular weight is 422 g/mol. The number of esters is 1. The Bertz CT molecular complexity index is 966. The fraction of sp³-hybridized carbons (Fsp3) is 0.333.